The molecule has 4 nitrogen and oxygen atoms in total. The molecule has 5 aromatic rings. The second kappa shape index (κ2) is 7.68. The number of carbonyl (C=O) groups excluding carboxylic acids is 1. The smallest absolute Gasteiger partial charge is 0.267 e. The molecule has 0 spiro atoms. The first-order valence-electron chi connectivity index (χ1n) is 9.56. The Balaban J connectivity index is 1.40. The van der Waals surface area contributed by atoms with E-state index in [1.165, 1.54) is 11.3 Å². The number of nitrogens with one attached hydrogen (secondary N) is 1. The minimum Gasteiger partial charge on any atom is -0.436 e. The summed E-state index contributed by atoms with van der Waals surface area (Å²) in [6.07, 6.45) is 0. The molecule has 1 amide bonds. The van der Waals surface area contributed by atoms with Gasteiger partial charge in [-0.3, -0.25) is 4.79 Å². The minimum atomic E-state index is -0.261. The number of thiophene rings is 1. The van der Waals surface area contributed by atoms with Crippen molar-refractivity contribution in [3.63, 3.8) is 0 Å². The van der Waals surface area contributed by atoms with Gasteiger partial charge in [-0.2, -0.15) is 0 Å². The topological polar surface area (TPSA) is 55.1 Å². The molecule has 0 saturated heterocycles. The number of rotatable bonds is 3. The van der Waals surface area contributed by atoms with Gasteiger partial charge in [-0.15, -0.1) is 11.3 Å². The molecule has 0 fully saturated rings. The minimum absolute atomic E-state index is 0.261. The molecule has 3 aromatic carbocycles. The van der Waals surface area contributed by atoms with E-state index in [2.05, 4.69) is 16.4 Å². The van der Waals surface area contributed by atoms with Crippen molar-refractivity contribution in [3.8, 4) is 11.5 Å². The van der Waals surface area contributed by atoms with Crippen molar-refractivity contribution in [2.75, 3.05) is 5.32 Å². The van der Waals surface area contributed by atoms with Crippen LogP contribution in [0.15, 0.2) is 59.0 Å². The predicted molar refractivity (Wildman–Crippen MR) is 129 cm³/mol. The zero-order valence-electron chi connectivity index (χ0n) is 16.6. The van der Waals surface area contributed by atoms with Gasteiger partial charge in [0.2, 0.25) is 5.89 Å². The van der Waals surface area contributed by atoms with Crippen molar-refractivity contribution in [3.05, 3.63) is 80.6 Å². The SMILES string of the molecule is Cc1cc(C)c2oc(-c3ccc(NC(=O)c4sc5cc(Cl)ccc5c4Cl)cc3)nc2c1. The average Bonchev–Trinajstić information content (AvgIpc) is 3.30. The number of aromatic nitrogens is 1. The van der Waals surface area contributed by atoms with Crippen LogP contribution in [0.4, 0.5) is 5.69 Å². The molecule has 0 bridgehead atoms. The Morgan fingerprint density at radius 3 is 2.58 bits per heavy atom. The fourth-order valence-corrected chi connectivity index (χ4v) is 5.26. The van der Waals surface area contributed by atoms with Crippen LogP contribution in [0.1, 0.15) is 20.8 Å². The van der Waals surface area contributed by atoms with Gasteiger partial charge in [0.05, 0.1) is 5.02 Å². The van der Waals surface area contributed by atoms with Crippen LogP contribution in [0, 0.1) is 13.8 Å². The zero-order valence-corrected chi connectivity index (χ0v) is 19.0. The normalized spacial score (nSPS) is 11.4. The number of oxazole rings is 1. The Morgan fingerprint density at radius 2 is 1.81 bits per heavy atom. The molecule has 5 rings (SSSR count). The molecule has 154 valence electrons. The molecule has 0 aliphatic rings. The summed E-state index contributed by atoms with van der Waals surface area (Å²) < 4.78 is 6.84. The van der Waals surface area contributed by atoms with Crippen LogP contribution in [0.25, 0.3) is 32.6 Å². The van der Waals surface area contributed by atoms with E-state index in [0.717, 1.165) is 37.9 Å². The van der Waals surface area contributed by atoms with Crippen LogP contribution in [-0.4, -0.2) is 10.9 Å². The molecule has 31 heavy (non-hydrogen) atoms. The molecular weight excluding hydrogens is 451 g/mol. The van der Waals surface area contributed by atoms with Crippen LogP contribution in [0.2, 0.25) is 10.0 Å². The van der Waals surface area contributed by atoms with E-state index in [0.29, 0.717) is 26.5 Å². The molecule has 0 unspecified atom stereocenters. The van der Waals surface area contributed by atoms with Crippen LogP contribution in [-0.2, 0) is 0 Å². The number of carbonyl (C=O) groups is 1. The summed E-state index contributed by atoms with van der Waals surface area (Å²) >= 11 is 13.8. The summed E-state index contributed by atoms with van der Waals surface area (Å²) in [5.41, 5.74) is 5.32. The van der Waals surface area contributed by atoms with Gasteiger partial charge < -0.3 is 9.73 Å². The first kappa shape index (κ1) is 20.1. The average molecular weight is 467 g/mol. The van der Waals surface area contributed by atoms with Gasteiger partial charge >= 0.3 is 0 Å². The quantitative estimate of drug-likeness (QED) is 0.294. The first-order chi connectivity index (χ1) is 14.9. The van der Waals surface area contributed by atoms with Crippen molar-refractivity contribution in [2.45, 2.75) is 13.8 Å². The molecule has 0 radical (unpaired) electrons. The molecular formula is C24H16Cl2N2O2S. The highest BCUT2D eigenvalue weighted by Gasteiger charge is 2.18. The van der Waals surface area contributed by atoms with E-state index in [-0.39, 0.29) is 5.91 Å². The third-order valence-corrected chi connectivity index (χ3v) is 6.90. The molecule has 2 aromatic heterocycles. The fraction of sp³-hybridized carbons (Fsp3) is 0.0833. The summed E-state index contributed by atoms with van der Waals surface area (Å²) in [4.78, 5) is 17.8. The first-order valence-corrected chi connectivity index (χ1v) is 11.1. The lowest BCUT2D eigenvalue weighted by Crippen LogP contribution is -2.10. The van der Waals surface area contributed by atoms with Crippen LogP contribution < -0.4 is 5.32 Å². The van der Waals surface area contributed by atoms with Crippen LogP contribution >= 0.6 is 34.5 Å². The van der Waals surface area contributed by atoms with Gasteiger partial charge in [-0.1, -0.05) is 35.3 Å². The number of fused-ring (bicyclic) bond motifs is 2. The maximum absolute atomic E-state index is 12.8. The summed E-state index contributed by atoms with van der Waals surface area (Å²) in [6, 6.07) is 16.8. The Hall–Kier alpha value is -2.86. The third kappa shape index (κ3) is 3.69. The van der Waals surface area contributed by atoms with Gasteiger partial charge in [-0.05, 0) is 67.4 Å². The Bertz CT molecular complexity index is 1470. The van der Waals surface area contributed by atoms with Crippen LogP contribution in [0.3, 0.4) is 0 Å². The number of hydrogen-bond donors (Lipinski definition) is 1. The van der Waals surface area contributed by atoms with Crippen molar-refractivity contribution in [2.24, 2.45) is 0 Å². The van der Waals surface area contributed by atoms with Crippen molar-refractivity contribution in [1.82, 2.24) is 4.98 Å². The van der Waals surface area contributed by atoms with Crippen molar-refractivity contribution < 1.29 is 9.21 Å². The molecule has 0 aliphatic heterocycles. The number of halogens is 2. The lowest BCUT2D eigenvalue weighted by Gasteiger charge is -2.04. The zero-order chi connectivity index (χ0) is 21.7. The van der Waals surface area contributed by atoms with E-state index in [4.69, 9.17) is 27.6 Å². The Labute approximate surface area is 192 Å². The maximum Gasteiger partial charge on any atom is 0.267 e. The van der Waals surface area contributed by atoms with Gasteiger partial charge in [0, 0.05) is 26.4 Å². The molecule has 1 N–H and O–H groups in total. The highest BCUT2D eigenvalue weighted by molar-refractivity contribution is 7.21. The standard InChI is InChI=1S/C24H16Cl2N2O2S/c1-12-9-13(2)21-18(10-12)28-24(30-21)14-3-6-16(7-4-14)27-23(29)22-20(26)17-8-5-15(25)11-19(17)31-22/h3-11H,1-2H3,(H,27,29). The number of nitrogens with zero attached hydrogens (tertiary/aromatic N) is 1. The summed E-state index contributed by atoms with van der Waals surface area (Å²) in [5, 5.41) is 4.76. The molecule has 7 heteroatoms. The molecule has 0 saturated carbocycles. The van der Waals surface area contributed by atoms with E-state index in [1.807, 2.05) is 56.3 Å². The Morgan fingerprint density at radius 1 is 1.03 bits per heavy atom. The van der Waals surface area contributed by atoms with Crippen molar-refractivity contribution >= 4 is 67.3 Å². The summed E-state index contributed by atoms with van der Waals surface area (Å²) in [5.74, 6) is 0.286. The summed E-state index contributed by atoms with van der Waals surface area (Å²) in [7, 11) is 0. The largest absolute Gasteiger partial charge is 0.436 e. The highest BCUT2D eigenvalue weighted by atomic mass is 35.5. The van der Waals surface area contributed by atoms with E-state index < -0.39 is 0 Å². The number of anilines is 1. The number of benzene rings is 3. The fourth-order valence-electron chi connectivity index (χ4n) is 3.57. The molecule has 0 aliphatic carbocycles. The van der Waals surface area contributed by atoms with Gasteiger partial charge in [0.1, 0.15) is 10.4 Å². The van der Waals surface area contributed by atoms with Gasteiger partial charge in [-0.25, -0.2) is 4.98 Å². The second-order valence-corrected chi connectivity index (χ2v) is 9.23. The van der Waals surface area contributed by atoms with Crippen LogP contribution in [0.5, 0.6) is 0 Å². The highest BCUT2D eigenvalue weighted by Crippen LogP contribution is 2.37. The predicted octanol–water partition coefficient (Wildman–Crippen LogP) is 7.89. The van der Waals surface area contributed by atoms with E-state index in [1.54, 1.807) is 6.07 Å². The van der Waals surface area contributed by atoms with Gasteiger partial charge in [0.25, 0.3) is 5.91 Å². The monoisotopic (exact) mass is 466 g/mol. The maximum atomic E-state index is 12.8. The number of hydrogen-bond acceptors (Lipinski definition) is 4. The second-order valence-electron chi connectivity index (χ2n) is 7.37. The Kier molecular flexibility index (Phi) is 4.97. The van der Waals surface area contributed by atoms with E-state index in [9.17, 15) is 4.79 Å². The number of aryl methyl sites for hydroxylation is 2. The number of amides is 1. The summed E-state index contributed by atoms with van der Waals surface area (Å²) in [6.45, 7) is 4.05. The van der Waals surface area contributed by atoms with E-state index >= 15 is 0 Å². The van der Waals surface area contributed by atoms with Crippen molar-refractivity contribution in [1.29, 1.82) is 0 Å². The lowest BCUT2D eigenvalue weighted by atomic mass is 10.1. The lowest BCUT2D eigenvalue weighted by molar-refractivity contribution is 0.103. The molecule has 2 heterocycles. The third-order valence-electron chi connectivity index (χ3n) is 5.01. The van der Waals surface area contributed by atoms with Gasteiger partial charge in [0.15, 0.2) is 5.58 Å². The molecule has 0 atom stereocenters.